The van der Waals surface area contributed by atoms with Gasteiger partial charge in [-0.2, -0.15) is 13.8 Å². The summed E-state index contributed by atoms with van der Waals surface area (Å²) in [6, 6.07) is 0. The summed E-state index contributed by atoms with van der Waals surface area (Å²) in [5.41, 5.74) is 0. The summed E-state index contributed by atoms with van der Waals surface area (Å²) in [4.78, 5) is 0. The zero-order chi connectivity index (χ0) is 4.99. The van der Waals surface area contributed by atoms with Gasteiger partial charge in [-0.25, -0.2) is 0 Å². The average Bonchev–Trinajstić information content (AvgIpc) is 1.35. The van der Waals surface area contributed by atoms with E-state index in [9.17, 15) is 0 Å². The molecule has 0 aromatic carbocycles. The molecule has 0 atom stereocenters. The molecule has 7 heavy (non-hydrogen) atoms. The van der Waals surface area contributed by atoms with Gasteiger partial charge in [-0.05, 0) is 0 Å². The molecule has 0 aromatic heterocycles. The molecule has 0 saturated heterocycles. The second-order valence-electron chi connectivity index (χ2n) is 1.64. The van der Waals surface area contributed by atoms with Crippen LogP contribution in [0.1, 0.15) is 13.8 Å². The van der Waals surface area contributed by atoms with E-state index in [4.69, 9.17) is 4.74 Å². The van der Waals surface area contributed by atoms with Gasteiger partial charge in [0.2, 0.25) is 0 Å². The van der Waals surface area contributed by atoms with Crippen molar-refractivity contribution in [1.82, 2.24) is 0 Å². The molecular weight excluding hydrogens is 216 g/mol. The summed E-state index contributed by atoms with van der Waals surface area (Å²) in [6.45, 7) is 4.88. The van der Waals surface area contributed by atoms with Crippen molar-refractivity contribution in [3.05, 3.63) is 5.92 Å². The molecule has 0 aliphatic rings. The SMILES string of the molecule is COC[C-](C)C.[Ce]. The summed E-state index contributed by atoms with van der Waals surface area (Å²) < 4.78 is 4.77. The fourth-order valence-electron chi connectivity index (χ4n) is 0.289. The molecule has 0 fully saturated rings. The smallest absolute Gasteiger partial charge is 0.0319 e. The Kier molecular flexibility index (Phi) is 11.7. The van der Waals surface area contributed by atoms with Crippen LogP contribution >= 0.6 is 0 Å². The Morgan fingerprint density at radius 2 is 1.86 bits per heavy atom. The summed E-state index contributed by atoms with van der Waals surface area (Å²) in [6.07, 6.45) is 0. The van der Waals surface area contributed by atoms with Gasteiger partial charge < -0.3 is 4.74 Å². The van der Waals surface area contributed by atoms with Crippen molar-refractivity contribution >= 4 is 0 Å². The van der Waals surface area contributed by atoms with Gasteiger partial charge in [-0.15, -0.1) is 0 Å². The Bertz CT molecular complexity index is 29.3. The zero-order valence-electron chi connectivity index (χ0n) is 5.12. The van der Waals surface area contributed by atoms with Crippen LogP contribution in [0.25, 0.3) is 0 Å². The average molecular weight is 227 g/mol. The Balaban J connectivity index is 0. The number of ether oxygens (including phenoxy) is 1. The van der Waals surface area contributed by atoms with Gasteiger partial charge in [-0.3, -0.25) is 5.92 Å². The van der Waals surface area contributed by atoms with Crippen LogP contribution in [0.2, 0.25) is 0 Å². The predicted molar refractivity (Wildman–Crippen MR) is 26.5 cm³/mol. The Labute approximate surface area is 79.2 Å². The van der Waals surface area contributed by atoms with Crippen molar-refractivity contribution in [2.45, 2.75) is 13.8 Å². The van der Waals surface area contributed by atoms with E-state index in [2.05, 4.69) is 0 Å². The second kappa shape index (κ2) is 7.34. The van der Waals surface area contributed by atoms with Crippen LogP contribution < -0.4 is 0 Å². The molecule has 1 nitrogen and oxygen atoms in total. The van der Waals surface area contributed by atoms with Gasteiger partial charge in [0, 0.05) is 48.9 Å². The number of hydrogen-bond donors (Lipinski definition) is 0. The van der Waals surface area contributed by atoms with E-state index in [0.29, 0.717) is 0 Å². The van der Waals surface area contributed by atoms with Crippen LogP contribution in [0.5, 0.6) is 0 Å². The molecule has 0 aliphatic heterocycles. The molecular formula is C5H11CeO-. The molecule has 0 aliphatic carbocycles. The largest absolute Gasteiger partial charge is 0.416 e. The van der Waals surface area contributed by atoms with Crippen molar-refractivity contribution in [3.63, 3.8) is 0 Å². The summed E-state index contributed by atoms with van der Waals surface area (Å²) in [5, 5.41) is 0. The molecule has 0 unspecified atom stereocenters. The fourth-order valence-corrected chi connectivity index (χ4v) is 0.289. The van der Waals surface area contributed by atoms with Crippen LogP contribution in [0.4, 0.5) is 0 Å². The summed E-state index contributed by atoms with van der Waals surface area (Å²) >= 11 is 0. The quantitative estimate of drug-likeness (QED) is 0.645. The fraction of sp³-hybridized carbons (Fsp3) is 0.800. The van der Waals surface area contributed by atoms with Crippen molar-refractivity contribution in [3.8, 4) is 0 Å². The van der Waals surface area contributed by atoms with Crippen LogP contribution in [0.3, 0.4) is 0 Å². The molecule has 0 rings (SSSR count). The topological polar surface area (TPSA) is 9.23 Å². The van der Waals surface area contributed by atoms with Gasteiger partial charge in [0.05, 0.1) is 0 Å². The molecule has 0 radical (unpaired) electrons. The minimum Gasteiger partial charge on any atom is -0.416 e. The minimum absolute atomic E-state index is 0. The van der Waals surface area contributed by atoms with Gasteiger partial charge in [0.15, 0.2) is 0 Å². The first kappa shape index (κ1) is 11.2. The van der Waals surface area contributed by atoms with Gasteiger partial charge >= 0.3 is 0 Å². The maximum absolute atomic E-state index is 4.77. The van der Waals surface area contributed by atoms with E-state index in [1.807, 2.05) is 13.8 Å². The number of methoxy groups -OCH3 is 1. The van der Waals surface area contributed by atoms with E-state index in [0.717, 1.165) is 6.61 Å². The molecule has 0 bridgehead atoms. The standard InChI is InChI=1S/C5H11O.Ce/c1-5(2)4-6-3;/h4H2,1-3H3;/q-1;. The summed E-state index contributed by atoms with van der Waals surface area (Å²) in [5.74, 6) is 1.32. The van der Waals surface area contributed by atoms with E-state index < -0.39 is 0 Å². The number of rotatable bonds is 2. The Morgan fingerprint density at radius 3 is 1.86 bits per heavy atom. The van der Waals surface area contributed by atoms with Crippen molar-refractivity contribution in [1.29, 1.82) is 0 Å². The van der Waals surface area contributed by atoms with E-state index in [1.54, 1.807) is 7.11 Å². The van der Waals surface area contributed by atoms with Crippen molar-refractivity contribution in [2.24, 2.45) is 0 Å². The van der Waals surface area contributed by atoms with Gasteiger partial charge in [-0.1, -0.05) is 6.61 Å². The molecule has 0 aromatic rings. The third-order valence-corrected chi connectivity index (χ3v) is 0.433. The molecule has 0 heterocycles. The van der Waals surface area contributed by atoms with Crippen LogP contribution in [0.15, 0.2) is 0 Å². The second-order valence-corrected chi connectivity index (χ2v) is 1.64. The summed E-state index contributed by atoms with van der Waals surface area (Å²) in [7, 11) is 1.70. The molecule has 0 N–H and O–H groups in total. The maximum atomic E-state index is 4.77. The molecule has 2 heteroatoms. The van der Waals surface area contributed by atoms with Gasteiger partial charge in [0.25, 0.3) is 0 Å². The van der Waals surface area contributed by atoms with E-state index in [1.165, 1.54) is 5.92 Å². The third-order valence-electron chi connectivity index (χ3n) is 0.433. The normalized spacial score (nSPS) is 8.57. The monoisotopic (exact) mass is 227 g/mol. The molecule has 0 amide bonds. The van der Waals surface area contributed by atoms with Crippen LogP contribution in [0, 0.1) is 47.7 Å². The van der Waals surface area contributed by atoms with Crippen molar-refractivity contribution in [2.75, 3.05) is 13.7 Å². The van der Waals surface area contributed by atoms with Gasteiger partial charge in [0.1, 0.15) is 0 Å². The zero-order valence-corrected chi connectivity index (χ0v) is 8.26. The first-order valence-electron chi connectivity index (χ1n) is 2.05. The van der Waals surface area contributed by atoms with Crippen LogP contribution in [-0.4, -0.2) is 13.7 Å². The van der Waals surface area contributed by atoms with E-state index in [-0.39, 0.29) is 41.7 Å². The van der Waals surface area contributed by atoms with Crippen molar-refractivity contribution < 1.29 is 46.5 Å². The predicted octanol–water partition coefficient (Wildman–Crippen LogP) is 1.25. The van der Waals surface area contributed by atoms with Crippen LogP contribution in [-0.2, 0) is 4.74 Å². The van der Waals surface area contributed by atoms with E-state index >= 15 is 0 Å². The Hall–Kier alpha value is 1.34. The molecule has 0 spiro atoms. The maximum Gasteiger partial charge on any atom is 0.0319 e. The minimum atomic E-state index is 0. The molecule has 0 saturated carbocycles. The Morgan fingerprint density at radius 1 is 1.43 bits per heavy atom. The number of hydrogen-bond acceptors (Lipinski definition) is 1. The first-order valence-corrected chi connectivity index (χ1v) is 2.05. The first-order chi connectivity index (χ1) is 2.77. The third kappa shape index (κ3) is 11.1. The molecule has 42 valence electrons.